The van der Waals surface area contributed by atoms with Gasteiger partial charge in [-0.1, -0.05) is 12.8 Å². The number of hydrogen-bond donors (Lipinski definition) is 0. The van der Waals surface area contributed by atoms with E-state index < -0.39 is 11.6 Å². The van der Waals surface area contributed by atoms with Gasteiger partial charge in [-0.3, -0.25) is 0 Å². The van der Waals surface area contributed by atoms with E-state index in [4.69, 9.17) is 0 Å². The van der Waals surface area contributed by atoms with Crippen LogP contribution >= 0.6 is 0 Å². The molecule has 0 amide bonds. The maximum Gasteiger partial charge on any atom is 1.00 e. The number of halogens is 2. The molecule has 0 radical (unpaired) electrons. The zero-order valence-electron chi connectivity index (χ0n) is 9.16. The third kappa shape index (κ3) is 5.58. The van der Waals surface area contributed by atoms with E-state index in [1.54, 1.807) is 0 Å². The molecule has 0 spiro atoms. The van der Waals surface area contributed by atoms with Crippen LogP contribution in [0, 0.1) is 71.0 Å². The van der Waals surface area contributed by atoms with Gasteiger partial charge < -0.3 is 6.42 Å². The van der Waals surface area contributed by atoms with Crippen LogP contribution in [0.2, 0.25) is 0 Å². The molecular weight excluding hydrogens is 441 g/mol. The van der Waals surface area contributed by atoms with Gasteiger partial charge in [0.2, 0.25) is 0 Å². The van der Waals surface area contributed by atoms with Gasteiger partial charge in [0.15, 0.2) is 0 Å². The molecule has 1 aliphatic carbocycles. The Labute approximate surface area is 183 Å². The summed E-state index contributed by atoms with van der Waals surface area (Å²) in [4.78, 5) is 0. The molecule has 0 heterocycles. The Kier molecular flexibility index (Phi) is 10.7. The summed E-state index contributed by atoms with van der Waals surface area (Å²) in [6, 6.07) is 4.81. The molecule has 16 heavy (non-hydrogen) atoms. The van der Waals surface area contributed by atoms with Crippen molar-refractivity contribution < 1.29 is 114 Å². The Morgan fingerprint density at radius 2 is 1.62 bits per heavy atom. The van der Waals surface area contributed by atoms with E-state index in [2.05, 4.69) is 6.42 Å². The third-order valence-corrected chi connectivity index (χ3v) is 2.74. The van der Waals surface area contributed by atoms with Gasteiger partial charge >= 0.3 is 58.2 Å². The molecule has 0 aromatic heterocycles. The standard InChI is InChI=1S/C12H12F2.Rb.Yb/c13-11-6-10(7-12(14)8-11)9-4-2-1-3-5-9;;/h1,6-7,9H,2-5H2;;/q-2;+1;. The zero-order valence-corrected chi connectivity index (χ0v) is 15.8. The van der Waals surface area contributed by atoms with Gasteiger partial charge in [0.05, 0.1) is 0 Å². The summed E-state index contributed by atoms with van der Waals surface area (Å²) in [6.45, 7) is 0. The second-order valence-corrected chi connectivity index (χ2v) is 3.75. The molecular formula is C12H12F2RbYb-. The normalized spacial score (nSPS) is 16.1. The van der Waals surface area contributed by atoms with Gasteiger partial charge in [0.1, 0.15) is 0 Å². The number of hydrogen-bond acceptors (Lipinski definition) is 0. The van der Waals surface area contributed by atoms with Crippen molar-refractivity contribution in [3.63, 3.8) is 0 Å². The van der Waals surface area contributed by atoms with Crippen molar-refractivity contribution in [3.8, 4) is 0 Å². The van der Waals surface area contributed by atoms with Crippen molar-refractivity contribution in [1.29, 1.82) is 0 Å². The van der Waals surface area contributed by atoms with E-state index in [1.165, 1.54) is 12.1 Å². The van der Waals surface area contributed by atoms with Crippen LogP contribution in [0.1, 0.15) is 37.2 Å². The first-order valence-electron chi connectivity index (χ1n) is 4.95. The fraction of sp³-hybridized carbons (Fsp3) is 0.417. The van der Waals surface area contributed by atoms with Crippen LogP contribution in [0.4, 0.5) is 8.78 Å². The monoisotopic (exact) mass is 453 g/mol. The maximum atomic E-state index is 12.9. The molecule has 1 fully saturated rings. The first kappa shape index (κ1) is 18.4. The molecule has 0 nitrogen and oxygen atoms in total. The van der Waals surface area contributed by atoms with Crippen LogP contribution in [0.5, 0.6) is 0 Å². The van der Waals surface area contributed by atoms with Gasteiger partial charge in [-0.05, 0) is 5.92 Å². The quantitative estimate of drug-likeness (QED) is 0.549. The fourth-order valence-corrected chi connectivity index (χ4v) is 2.02. The average Bonchev–Trinajstić information content (AvgIpc) is 2.18. The first-order valence-corrected chi connectivity index (χ1v) is 4.95. The summed E-state index contributed by atoms with van der Waals surface area (Å²) in [5, 5.41) is 0. The molecule has 0 N–H and O–H groups in total. The molecule has 90 valence electrons. The molecule has 1 aliphatic rings. The van der Waals surface area contributed by atoms with Crippen molar-refractivity contribution in [2.75, 3.05) is 0 Å². The zero-order chi connectivity index (χ0) is 9.97. The largest absolute Gasteiger partial charge is 1.00 e. The predicted molar refractivity (Wildman–Crippen MR) is 50.7 cm³/mol. The first-order chi connectivity index (χ1) is 6.75. The van der Waals surface area contributed by atoms with Gasteiger partial charge in [-0.2, -0.15) is 12.8 Å². The van der Waals surface area contributed by atoms with Crippen molar-refractivity contribution in [1.82, 2.24) is 0 Å². The Hall–Kier alpha value is 2.40. The molecule has 2 rings (SSSR count). The molecule has 1 saturated carbocycles. The topological polar surface area (TPSA) is 0 Å². The van der Waals surface area contributed by atoms with Crippen LogP contribution in [0.3, 0.4) is 0 Å². The molecule has 1 aromatic rings. The van der Waals surface area contributed by atoms with Crippen LogP contribution in [0.15, 0.2) is 12.1 Å². The van der Waals surface area contributed by atoms with Crippen LogP contribution in [-0.4, -0.2) is 0 Å². The minimum Gasteiger partial charge on any atom is -0.328 e. The van der Waals surface area contributed by atoms with E-state index in [9.17, 15) is 8.78 Å². The van der Waals surface area contributed by atoms with Crippen molar-refractivity contribution >= 4 is 0 Å². The fourth-order valence-electron chi connectivity index (χ4n) is 2.02. The number of rotatable bonds is 1. The molecule has 0 atom stereocenters. The molecule has 4 heteroatoms. The second-order valence-electron chi connectivity index (χ2n) is 3.75. The van der Waals surface area contributed by atoms with Gasteiger partial charge in [-0.15, -0.1) is 23.8 Å². The third-order valence-electron chi connectivity index (χ3n) is 2.74. The summed E-state index contributed by atoms with van der Waals surface area (Å²) in [5.41, 5.74) is 0.784. The smallest absolute Gasteiger partial charge is 0.328 e. The van der Waals surface area contributed by atoms with Crippen LogP contribution in [0.25, 0.3) is 0 Å². The van der Waals surface area contributed by atoms with E-state index in [0.717, 1.165) is 31.2 Å². The Balaban J connectivity index is 0.00000112. The molecule has 0 saturated heterocycles. The van der Waals surface area contributed by atoms with Gasteiger partial charge in [0, 0.05) is 58.6 Å². The second kappa shape index (κ2) is 9.33. The Morgan fingerprint density at radius 3 is 2.12 bits per heavy atom. The maximum absolute atomic E-state index is 12.9. The van der Waals surface area contributed by atoms with E-state index in [-0.39, 0.29) is 105 Å². The van der Waals surface area contributed by atoms with Gasteiger partial charge in [-0.25, -0.2) is 8.78 Å². The van der Waals surface area contributed by atoms with E-state index in [0.29, 0.717) is 5.92 Å². The Bertz CT molecular complexity index is 305. The molecule has 1 aromatic carbocycles. The summed E-state index contributed by atoms with van der Waals surface area (Å²) in [5.74, 6) is -0.859. The number of benzene rings is 1. The SMILES string of the molecule is Fc1[c-]c(F)cc(C2CC[CH-]CC2)c1.[Rb+].[Yb]. The van der Waals surface area contributed by atoms with Gasteiger partial charge in [0.25, 0.3) is 0 Å². The average molecular weight is 453 g/mol. The molecule has 0 unspecified atom stereocenters. The minimum atomic E-state index is -0.588. The summed E-state index contributed by atoms with van der Waals surface area (Å²) in [6.07, 6.45) is 6.34. The van der Waals surface area contributed by atoms with Crippen LogP contribution in [-0.2, 0) is 0 Å². The van der Waals surface area contributed by atoms with Crippen LogP contribution < -0.4 is 58.2 Å². The summed E-state index contributed by atoms with van der Waals surface area (Å²) >= 11 is 0. The van der Waals surface area contributed by atoms with E-state index in [1.807, 2.05) is 6.07 Å². The van der Waals surface area contributed by atoms with E-state index >= 15 is 0 Å². The van der Waals surface area contributed by atoms with Crippen molar-refractivity contribution in [2.45, 2.75) is 31.6 Å². The molecule has 0 aliphatic heterocycles. The predicted octanol–water partition coefficient (Wildman–Crippen LogP) is 0.631. The van der Waals surface area contributed by atoms with Crippen molar-refractivity contribution in [3.05, 3.63) is 41.8 Å². The summed E-state index contributed by atoms with van der Waals surface area (Å²) < 4.78 is 25.8. The molecule has 0 bridgehead atoms. The van der Waals surface area contributed by atoms with Crippen molar-refractivity contribution in [2.24, 2.45) is 0 Å². The summed E-state index contributed by atoms with van der Waals surface area (Å²) in [7, 11) is 0. The minimum absolute atomic E-state index is 0. The Morgan fingerprint density at radius 1 is 1.12 bits per heavy atom.